The second-order valence-electron chi connectivity index (χ2n) is 4.65. The van der Waals surface area contributed by atoms with Crippen LogP contribution in [0.5, 0.6) is 0 Å². The lowest BCUT2D eigenvalue weighted by molar-refractivity contribution is -0.149. The van der Waals surface area contributed by atoms with E-state index in [2.05, 4.69) is 12.4 Å². The van der Waals surface area contributed by atoms with Gasteiger partial charge >= 0.3 is 0 Å². The summed E-state index contributed by atoms with van der Waals surface area (Å²) in [5, 5.41) is 3.49. The summed E-state index contributed by atoms with van der Waals surface area (Å²) >= 11 is 0. The lowest BCUT2D eigenvalue weighted by Crippen LogP contribution is -2.67. The molecule has 0 saturated heterocycles. The average Bonchev–Trinajstić information content (AvgIpc) is 1.93. The van der Waals surface area contributed by atoms with E-state index in [1.54, 1.807) is 12.8 Å². The number of hydrogen-bond acceptors (Lipinski definition) is 1. The molecule has 4 unspecified atom stereocenters. The molecule has 3 aliphatic carbocycles. The van der Waals surface area contributed by atoms with Crippen LogP contribution >= 0.6 is 0 Å². The first-order valence-electron chi connectivity index (χ1n) is 5.09. The fourth-order valence-corrected chi connectivity index (χ4v) is 4.01. The van der Waals surface area contributed by atoms with Crippen LogP contribution in [0.2, 0.25) is 0 Å². The molecule has 5 atom stereocenters. The first-order chi connectivity index (χ1) is 5.42. The van der Waals surface area contributed by atoms with Crippen molar-refractivity contribution in [2.75, 3.05) is 7.05 Å². The smallest absolute Gasteiger partial charge is 0.0126 e. The maximum Gasteiger partial charge on any atom is 0.0126 e. The van der Waals surface area contributed by atoms with Crippen molar-refractivity contribution in [1.29, 1.82) is 0 Å². The van der Waals surface area contributed by atoms with Crippen molar-refractivity contribution in [3.05, 3.63) is 0 Å². The van der Waals surface area contributed by atoms with E-state index in [9.17, 15) is 0 Å². The van der Waals surface area contributed by atoms with Gasteiger partial charge in [-0.1, -0.05) is 12.8 Å². The third kappa shape index (κ3) is 0.618. The van der Waals surface area contributed by atoms with E-state index in [0.29, 0.717) is 0 Å². The van der Waals surface area contributed by atoms with Crippen LogP contribution in [0.15, 0.2) is 0 Å². The van der Waals surface area contributed by atoms with Crippen LogP contribution in [0.1, 0.15) is 25.7 Å². The molecule has 0 spiro atoms. The van der Waals surface area contributed by atoms with Gasteiger partial charge in [0.05, 0.1) is 0 Å². The summed E-state index contributed by atoms with van der Waals surface area (Å²) in [7, 11) is 2.14. The van der Waals surface area contributed by atoms with E-state index in [1.807, 2.05) is 0 Å². The third-order valence-corrected chi connectivity index (χ3v) is 4.48. The Morgan fingerprint density at radius 3 is 2.91 bits per heavy atom. The van der Waals surface area contributed by atoms with Gasteiger partial charge in [-0.15, -0.1) is 0 Å². The van der Waals surface area contributed by atoms with E-state index in [4.69, 9.17) is 0 Å². The van der Waals surface area contributed by atoms with Crippen molar-refractivity contribution in [3.63, 3.8) is 0 Å². The summed E-state index contributed by atoms with van der Waals surface area (Å²) in [6.07, 6.45) is 6.13. The molecule has 0 radical (unpaired) electrons. The molecule has 0 aliphatic heterocycles. The van der Waals surface area contributed by atoms with Crippen molar-refractivity contribution >= 4 is 0 Å². The highest BCUT2D eigenvalue weighted by Gasteiger charge is 2.60. The lowest BCUT2D eigenvalue weighted by Gasteiger charge is -2.66. The molecule has 3 saturated carbocycles. The van der Waals surface area contributed by atoms with Gasteiger partial charge in [0, 0.05) is 6.04 Å². The summed E-state index contributed by atoms with van der Waals surface area (Å²) in [5.74, 6) is 4.50. The molecule has 1 nitrogen and oxygen atoms in total. The zero-order valence-corrected chi connectivity index (χ0v) is 7.22. The number of hydrogen-bond donors (Lipinski definition) is 1. The molecule has 0 heterocycles. The summed E-state index contributed by atoms with van der Waals surface area (Å²) in [4.78, 5) is 0. The highest BCUT2D eigenvalue weighted by Crippen LogP contribution is 2.63. The van der Waals surface area contributed by atoms with Gasteiger partial charge < -0.3 is 5.32 Å². The molecule has 62 valence electrons. The molecule has 11 heavy (non-hydrogen) atoms. The Hall–Kier alpha value is -0.0400. The minimum Gasteiger partial charge on any atom is -0.316 e. The molecule has 0 aromatic rings. The Kier molecular flexibility index (Phi) is 1.18. The van der Waals surface area contributed by atoms with Crippen molar-refractivity contribution in [2.24, 2.45) is 23.7 Å². The Bertz CT molecular complexity index is 172. The molecule has 0 amide bonds. The molecule has 3 fully saturated rings. The minimum atomic E-state index is 0.913. The molecular weight excluding hydrogens is 134 g/mol. The zero-order chi connectivity index (χ0) is 7.42. The van der Waals surface area contributed by atoms with Gasteiger partial charge in [0.2, 0.25) is 0 Å². The Balaban J connectivity index is 1.78. The van der Waals surface area contributed by atoms with Crippen molar-refractivity contribution < 1.29 is 0 Å². The van der Waals surface area contributed by atoms with Gasteiger partial charge in [0.25, 0.3) is 0 Å². The van der Waals surface area contributed by atoms with Crippen LogP contribution < -0.4 is 5.32 Å². The van der Waals surface area contributed by atoms with Gasteiger partial charge in [-0.25, -0.2) is 0 Å². The van der Waals surface area contributed by atoms with Crippen LogP contribution in [-0.2, 0) is 0 Å². The predicted molar refractivity (Wildman–Crippen MR) is 45.3 cm³/mol. The van der Waals surface area contributed by atoms with Crippen molar-refractivity contribution in [2.45, 2.75) is 31.7 Å². The SMILES string of the molecule is CNC1C2CCC[C@H]3CC1C23. The van der Waals surface area contributed by atoms with Crippen molar-refractivity contribution in [3.8, 4) is 0 Å². The molecular formula is C10H17N. The quantitative estimate of drug-likeness (QED) is 0.600. The number of rotatable bonds is 1. The first-order valence-corrected chi connectivity index (χ1v) is 5.09. The van der Waals surface area contributed by atoms with Gasteiger partial charge in [-0.2, -0.15) is 0 Å². The second-order valence-corrected chi connectivity index (χ2v) is 4.65. The lowest BCUT2D eigenvalue weighted by atomic mass is 9.41. The van der Waals surface area contributed by atoms with Gasteiger partial charge in [0.15, 0.2) is 0 Å². The Morgan fingerprint density at radius 1 is 1.18 bits per heavy atom. The average molecular weight is 151 g/mol. The molecule has 0 aromatic carbocycles. The molecule has 3 rings (SSSR count). The van der Waals surface area contributed by atoms with Crippen molar-refractivity contribution in [1.82, 2.24) is 5.32 Å². The summed E-state index contributed by atoms with van der Waals surface area (Å²) < 4.78 is 0. The van der Waals surface area contributed by atoms with Crippen LogP contribution in [0.25, 0.3) is 0 Å². The maximum absolute atomic E-state index is 3.49. The van der Waals surface area contributed by atoms with Crippen LogP contribution in [-0.4, -0.2) is 13.1 Å². The topological polar surface area (TPSA) is 12.0 Å². The Morgan fingerprint density at radius 2 is 2.09 bits per heavy atom. The monoisotopic (exact) mass is 151 g/mol. The second kappa shape index (κ2) is 2.01. The van der Waals surface area contributed by atoms with Gasteiger partial charge in [0.1, 0.15) is 0 Å². The largest absolute Gasteiger partial charge is 0.316 e. The fourth-order valence-electron chi connectivity index (χ4n) is 4.01. The van der Waals surface area contributed by atoms with Crippen LogP contribution in [0.4, 0.5) is 0 Å². The summed E-state index contributed by atoms with van der Waals surface area (Å²) in [5.41, 5.74) is 0. The third-order valence-electron chi connectivity index (χ3n) is 4.48. The van der Waals surface area contributed by atoms with Crippen LogP contribution in [0, 0.1) is 23.7 Å². The maximum atomic E-state index is 3.49. The van der Waals surface area contributed by atoms with Gasteiger partial charge in [-0.3, -0.25) is 0 Å². The molecule has 3 aliphatic rings. The summed E-state index contributed by atoms with van der Waals surface area (Å²) in [6.45, 7) is 0. The summed E-state index contributed by atoms with van der Waals surface area (Å²) in [6, 6.07) is 0.913. The van der Waals surface area contributed by atoms with E-state index in [0.717, 1.165) is 23.8 Å². The highest BCUT2D eigenvalue weighted by molar-refractivity contribution is 5.12. The first kappa shape index (κ1) is 6.47. The molecule has 0 aromatic heterocycles. The van der Waals surface area contributed by atoms with Gasteiger partial charge in [-0.05, 0) is 43.6 Å². The fraction of sp³-hybridized carbons (Fsp3) is 1.00. The highest BCUT2D eigenvalue weighted by atomic mass is 15.0. The number of nitrogens with one attached hydrogen (secondary N) is 1. The molecule has 1 heteroatoms. The molecule has 0 bridgehead atoms. The standard InChI is InChI=1S/C10H17N/c1-11-10-7-4-2-3-6-5-8(10)9(6)7/h6-11H,2-5H2,1H3/t6-,7?,8?,9?,10?/m0/s1. The zero-order valence-electron chi connectivity index (χ0n) is 7.22. The van der Waals surface area contributed by atoms with E-state index < -0.39 is 0 Å². The van der Waals surface area contributed by atoms with Crippen LogP contribution in [0.3, 0.4) is 0 Å². The normalized spacial score (nSPS) is 59.2. The predicted octanol–water partition coefficient (Wildman–Crippen LogP) is 1.64. The minimum absolute atomic E-state index is 0.913. The van der Waals surface area contributed by atoms with E-state index in [1.165, 1.54) is 18.8 Å². The molecule has 1 N–H and O–H groups in total. The van der Waals surface area contributed by atoms with E-state index in [-0.39, 0.29) is 0 Å². The Labute approximate surface area is 68.6 Å². The van der Waals surface area contributed by atoms with E-state index >= 15 is 0 Å².